The molecule has 0 saturated heterocycles. The fraction of sp³-hybridized carbons (Fsp3) is 0.600. The number of rotatable bonds is 6. The summed E-state index contributed by atoms with van der Waals surface area (Å²) in [7, 11) is 1.59. The molecule has 0 spiro atoms. The predicted molar refractivity (Wildman–Crippen MR) is 133 cm³/mol. The second-order valence-electron chi connectivity index (χ2n) is 10.8. The van der Waals surface area contributed by atoms with Crippen LogP contribution < -0.4 is 9.47 Å². The predicted octanol–water partition coefficient (Wildman–Crippen LogP) is 5.52. The van der Waals surface area contributed by atoms with Crippen molar-refractivity contribution in [1.29, 1.82) is 0 Å². The Labute approximate surface area is 208 Å². The van der Waals surface area contributed by atoms with Gasteiger partial charge in [-0.1, -0.05) is 24.5 Å². The number of hydrogen-bond donors (Lipinski definition) is 0. The summed E-state index contributed by atoms with van der Waals surface area (Å²) in [6.45, 7) is 2.02. The van der Waals surface area contributed by atoms with Crippen molar-refractivity contribution in [3.05, 3.63) is 35.9 Å². The topological polar surface area (TPSA) is 61.8 Å². The minimum atomic E-state index is -0.884. The monoisotopic (exact) mass is 476 g/mol. The Morgan fingerprint density at radius 3 is 2.71 bits per heavy atom. The highest BCUT2D eigenvalue weighted by Crippen LogP contribution is 2.67. The molecule has 0 aromatic heterocycles. The van der Waals surface area contributed by atoms with Gasteiger partial charge in [-0.15, -0.1) is 6.42 Å². The molecule has 4 unspecified atom stereocenters. The van der Waals surface area contributed by atoms with E-state index in [1.165, 1.54) is 5.57 Å². The zero-order valence-corrected chi connectivity index (χ0v) is 20.9. The molecule has 3 fully saturated rings. The Kier molecular flexibility index (Phi) is 6.42. The van der Waals surface area contributed by atoms with Crippen LogP contribution in [0.3, 0.4) is 0 Å². The molecule has 5 rings (SSSR count). The van der Waals surface area contributed by atoms with E-state index in [9.17, 15) is 9.59 Å². The van der Waals surface area contributed by atoms with Gasteiger partial charge in [0.15, 0.2) is 18.0 Å². The molecule has 1 aromatic carbocycles. The zero-order chi connectivity index (χ0) is 24.6. The standard InChI is InChI=1S/C30H36O5/c1-4-29-15-13-25-24-12-10-21(31)17-20(24)9-11-26(25)27(29)14-16-30(29,5-2)35-28(32)19-34-23-8-6-7-22(18-23)33-3/h2,6-8,17-18,24-27H,4,9-16,19H2,1,3H3/t24?,25?,26?,27?,29-,30-/m0/s1. The molecule has 0 amide bonds. The average molecular weight is 477 g/mol. The first-order valence-electron chi connectivity index (χ1n) is 13.1. The lowest BCUT2D eigenvalue weighted by Gasteiger charge is -2.56. The maximum Gasteiger partial charge on any atom is 0.345 e. The Hall–Kier alpha value is -2.74. The van der Waals surface area contributed by atoms with Crippen LogP contribution in [0.2, 0.25) is 0 Å². The SMILES string of the molecule is C#C[C@]1(OC(=O)COc2cccc(OC)c2)CCC2C3CCC4=CC(=O)CCC4C3CC[C@@]21CC. The number of carbonyl (C=O) groups excluding carboxylic acids is 2. The van der Waals surface area contributed by atoms with Gasteiger partial charge in [-0.25, -0.2) is 4.79 Å². The molecule has 0 heterocycles. The van der Waals surface area contributed by atoms with E-state index in [0.29, 0.717) is 53.8 Å². The van der Waals surface area contributed by atoms with Crippen molar-refractivity contribution in [1.82, 2.24) is 0 Å². The molecular weight excluding hydrogens is 440 g/mol. The first-order chi connectivity index (χ1) is 16.9. The normalized spacial score (nSPS) is 35.6. The van der Waals surface area contributed by atoms with Crippen LogP contribution in [-0.4, -0.2) is 31.1 Å². The van der Waals surface area contributed by atoms with E-state index in [1.54, 1.807) is 19.2 Å². The van der Waals surface area contributed by atoms with Crippen LogP contribution in [0.1, 0.15) is 64.7 Å². The highest BCUT2D eigenvalue weighted by atomic mass is 16.6. The second kappa shape index (κ2) is 9.37. The van der Waals surface area contributed by atoms with Gasteiger partial charge in [0.1, 0.15) is 11.5 Å². The Bertz CT molecular complexity index is 1070. The number of methoxy groups -OCH3 is 1. The number of terminal acetylenes is 1. The quantitative estimate of drug-likeness (QED) is 0.400. The number of carbonyl (C=O) groups is 2. The van der Waals surface area contributed by atoms with Crippen LogP contribution in [-0.2, 0) is 14.3 Å². The van der Waals surface area contributed by atoms with Crippen molar-refractivity contribution in [3.8, 4) is 23.8 Å². The van der Waals surface area contributed by atoms with Gasteiger partial charge in [-0.05, 0) is 93.2 Å². The van der Waals surface area contributed by atoms with Crippen LogP contribution in [0, 0.1) is 41.4 Å². The Morgan fingerprint density at radius 1 is 1.11 bits per heavy atom. The van der Waals surface area contributed by atoms with E-state index in [0.717, 1.165) is 44.9 Å². The van der Waals surface area contributed by atoms with Gasteiger partial charge in [0.2, 0.25) is 0 Å². The first kappa shape index (κ1) is 24.0. The van der Waals surface area contributed by atoms with Crippen molar-refractivity contribution in [2.24, 2.45) is 29.1 Å². The molecule has 5 nitrogen and oxygen atoms in total. The minimum Gasteiger partial charge on any atom is -0.497 e. The first-order valence-corrected chi connectivity index (χ1v) is 13.1. The van der Waals surface area contributed by atoms with Gasteiger partial charge in [0.25, 0.3) is 0 Å². The number of fused-ring (bicyclic) bond motifs is 5. The van der Waals surface area contributed by atoms with E-state index in [2.05, 4.69) is 12.8 Å². The third-order valence-corrected chi connectivity index (χ3v) is 9.67. The Morgan fingerprint density at radius 2 is 1.94 bits per heavy atom. The molecule has 3 saturated carbocycles. The average Bonchev–Trinajstić information content (AvgIpc) is 3.21. The van der Waals surface area contributed by atoms with Crippen LogP contribution in [0.4, 0.5) is 0 Å². The molecule has 0 radical (unpaired) electrons. The summed E-state index contributed by atoms with van der Waals surface area (Å²) in [4.78, 5) is 25.0. The fourth-order valence-corrected chi connectivity index (χ4v) is 8.17. The van der Waals surface area contributed by atoms with Crippen molar-refractivity contribution in [3.63, 3.8) is 0 Å². The molecule has 0 N–H and O–H groups in total. The summed E-state index contributed by atoms with van der Waals surface area (Å²) in [5, 5.41) is 0. The Balaban J connectivity index is 1.33. The van der Waals surface area contributed by atoms with E-state index >= 15 is 0 Å². The van der Waals surface area contributed by atoms with E-state index in [4.69, 9.17) is 20.6 Å². The summed E-state index contributed by atoms with van der Waals surface area (Å²) in [6, 6.07) is 7.18. The smallest absolute Gasteiger partial charge is 0.345 e. The van der Waals surface area contributed by atoms with Crippen LogP contribution in [0.25, 0.3) is 0 Å². The van der Waals surface area contributed by atoms with Gasteiger partial charge < -0.3 is 14.2 Å². The van der Waals surface area contributed by atoms with E-state index in [-0.39, 0.29) is 12.0 Å². The van der Waals surface area contributed by atoms with Gasteiger partial charge >= 0.3 is 5.97 Å². The molecule has 5 heteroatoms. The summed E-state index contributed by atoms with van der Waals surface area (Å²) >= 11 is 0. The lowest BCUT2D eigenvalue weighted by molar-refractivity contribution is -0.175. The van der Waals surface area contributed by atoms with Crippen molar-refractivity contribution < 1.29 is 23.8 Å². The van der Waals surface area contributed by atoms with Crippen molar-refractivity contribution >= 4 is 11.8 Å². The lowest BCUT2D eigenvalue weighted by atomic mass is 9.49. The maximum atomic E-state index is 13.0. The molecule has 186 valence electrons. The second-order valence-corrected chi connectivity index (χ2v) is 10.8. The van der Waals surface area contributed by atoms with Crippen LogP contribution >= 0.6 is 0 Å². The van der Waals surface area contributed by atoms with Gasteiger partial charge in [0, 0.05) is 17.9 Å². The molecular formula is C30H36O5. The number of allylic oxidation sites excluding steroid dienone is 1. The molecule has 0 aliphatic heterocycles. The third-order valence-electron chi connectivity index (χ3n) is 9.67. The summed E-state index contributed by atoms with van der Waals surface area (Å²) in [6.07, 6.45) is 16.6. The highest BCUT2D eigenvalue weighted by Gasteiger charge is 2.65. The number of ketones is 1. The van der Waals surface area contributed by atoms with Crippen LogP contribution in [0.15, 0.2) is 35.9 Å². The summed E-state index contributed by atoms with van der Waals surface area (Å²) < 4.78 is 17.1. The maximum absolute atomic E-state index is 13.0. The van der Waals surface area contributed by atoms with Crippen molar-refractivity contribution in [2.75, 3.05) is 13.7 Å². The zero-order valence-electron chi connectivity index (χ0n) is 20.9. The highest BCUT2D eigenvalue weighted by molar-refractivity contribution is 5.91. The molecule has 4 aliphatic carbocycles. The molecule has 35 heavy (non-hydrogen) atoms. The van der Waals surface area contributed by atoms with E-state index < -0.39 is 11.6 Å². The lowest BCUT2D eigenvalue weighted by Crippen LogP contribution is -2.55. The van der Waals surface area contributed by atoms with Crippen molar-refractivity contribution in [2.45, 2.75) is 70.3 Å². The number of hydrogen-bond acceptors (Lipinski definition) is 5. The largest absolute Gasteiger partial charge is 0.497 e. The fourth-order valence-electron chi connectivity index (χ4n) is 8.17. The third kappa shape index (κ3) is 3.96. The molecule has 1 aromatic rings. The molecule has 0 bridgehead atoms. The van der Waals surface area contributed by atoms with Gasteiger partial charge in [0.05, 0.1) is 7.11 Å². The molecule has 4 aliphatic rings. The number of esters is 1. The number of ether oxygens (including phenoxy) is 3. The van der Waals surface area contributed by atoms with Gasteiger partial charge in [-0.3, -0.25) is 4.79 Å². The minimum absolute atomic E-state index is 0.183. The van der Waals surface area contributed by atoms with E-state index in [1.807, 2.05) is 18.2 Å². The summed E-state index contributed by atoms with van der Waals surface area (Å²) in [5.74, 6) is 6.31. The number of benzene rings is 1. The van der Waals surface area contributed by atoms with Crippen LogP contribution in [0.5, 0.6) is 11.5 Å². The molecule has 6 atom stereocenters. The summed E-state index contributed by atoms with van der Waals surface area (Å²) in [5.41, 5.74) is 0.305. The van der Waals surface area contributed by atoms with Gasteiger partial charge in [-0.2, -0.15) is 0 Å².